The third-order valence-electron chi connectivity index (χ3n) is 2.73. The molecular formula is C13H11BrN4. The van der Waals surface area contributed by atoms with Crippen molar-refractivity contribution in [2.45, 2.75) is 6.54 Å². The molecule has 3 aromatic rings. The number of benzene rings is 1. The molecule has 2 N–H and O–H groups in total. The van der Waals surface area contributed by atoms with Gasteiger partial charge in [0.05, 0.1) is 17.6 Å². The standard InChI is InChI=1S/C13H11BrN4/c14-11-4-2-1-3-10(11)12-5-6-13-16-9(7-15)8-18(13)17-12/h1-6,8H,7,15H2. The zero-order valence-corrected chi connectivity index (χ0v) is 11.1. The molecule has 0 saturated heterocycles. The highest BCUT2D eigenvalue weighted by Gasteiger charge is 2.06. The molecule has 0 unspecified atom stereocenters. The van der Waals surface area contributed by atoms with Gasteiger partial charge >= 0.3 is 0 Å². The lowest BCUT2D eigenvalue weighted by Gasteiger charge is -2.03. The first kappa shape index (κ1) is 11.4. The molecule has 0 amide bonds. The molecule has 5 heteroatoms. The third kappa shape index (κ3) is 1.91. The fourth-order valence-electron chi connectivity index (χ4n) is 1.84. The Morgan fingerprint density at radius 1 is 1.17 bits per heavy atom. The van der Waals surface area contributed by atoms with E-state index in [4.69, 9.17) is 5.73 Å². The fraction of sp³-hybridized carbons (Fsp3) is 0.0769. The molecule has 0 fully saturated rings. The molecule has 2 heterocycles. The maximum absolute atomic E-state index is 5.58. The van der Waals surface area contributed by atoms with Crippen LogP contribution >= 0.6 is 15.9 Å². The van der Waals surface area contributed by atoms with Crippen molar-refractivity contribution in [2.24, 2.45) is 5.73 Å². The molecule has 0 radical (unpaired) electrons. The lowest BCUT2D eigenvalue weighted by atomic mass is 10.1. The minimum atomic E-state index is 0.424. The Kier molecular flexibility index (Phi) is 2.85. The van der Waals surface area contributed by atoms with Crippen LogP contribution in [0, 0.1) is 0 Å². The van der Waals surface area contributed by atoms with Gasteiger partial charge in [-0.3, -0.25) is 0 Å². The Morgan fingerprint density at radius 3 is 2.78 bits per heavy atom. The van der Waals surface area contributed by atoms with E-state index in [1.165, 1.54) is 0 Å². The predicted molar refractivity (Wildman–Crippen MR) is 74.0 cm³/mol. The summed E-state index contributed by atoms with van der Waals surface area (Å²) in [6.45, 7) is 0.424. The second kappa shape index (κ2) is 4.51. The van der Waals surface area contributed by atoms with Gasteiger partial charge in [-0.05, 0) is 18.2 Å². The molecule has 0 aliphatic rings. The number of hydrogen-bond donors (Lipinski definition) is 1. The van der Waals surface area contributed by atoms with Crippen LogP contribution in [0.5, 0.6) is 0 Å². The first-order valence-corrected chi connectivity index (χ1v) is 6.37. The largest absolute Gasteiger partial charge is 0.325 e. The highest BCUT2D eigenvalue weighted by Crippen LogP contribution is 2.26. The van der Waals surface area contributed by atoms with Crippen molar-refractivity contribution < 1.29 is 0 Å². The van der Waals surface area contributed by atoms with E-state index in [9.17, 15) is 0 Å². The second-order valence-electron chi connectivity index (χ2n) is 3.94. The van der Waals surface area contributed by atoms with Gasteiger partial charge in [-0.25, -0.2) is 9.50 Å². The van der Waals surface area contributed by atoms with Gasteiger partial charge in [0.2, 0.25) is 0 Å². The van der Waals surface area contributed by atoms with Crippen LogP contribution in [0.1, 0.15) is 5.69 Å². The van der Waals surface area contributed by atoms with Gasteiger partial charge in [0.1, 0.15) is 0 Å². The van der Waals surface area contributed by atoms with Gasteiger partial charge in [-0.1, -0.05) is 34.1 Å². The van der Waals surface area contributed by atoms with Crippen LogP contribution < -0.4 is 5.73 Å². The summed E-state index contributed by atoms with van der Waals surface area (Å²) in [5.41, 5.74) is 9.18. The Balaban J connectivity index is 2.16. The minimum absolute atomic E-state index is 0.424. The maximum atomic E-state index is 5.58. The molecule has 1 aromatic carbocycles. The molecule has 90 valence electrons. The topological polar surface area (TPSA) is 56.2 Å². The first-order chi connectivity index (χ1) is 8.78. The van der Waals surface area contributed by atoms with Crippen LogP contribution in [-0.2, 0) is 6.54 Å². The van der Waals surface area contributed by atoms with Gasteiger partial charge in [0.15, 0.2) is 5.65 Å². The third-order valence-corrected chi connectivity index (χ3v) is 3.42. The lowest BCUT2D eigenvalue weighted by molar-refractivity contribution is 0.934. The molecule has 18 heavy (non-hydrogen) atoms. The average molecular weight is 303 g/mol. The molecule has 0 aliphatic heterocycles. The van der Waals surface area contributed by atoms with Crippen LogP contribution in [-0.4, -0.2) is 14.6 Å². The van der Waals surface area contributed by atoms with E-state index in [1.807, 2.05) is 42.6 Å². The van der Waals surface area contributed by atoms with E-state index in [-0.39, 0.29) is 0 Å². The predicted octanol–water partition coefficient (Wildman–Crippen LogP) is 2.62. The Morgan fingerprint density at radius 2 is 2.00 bits per heavy atom. The molecule has 3 rings (SSSR count). The van der Waals surface area contributed by atoms with E-state index in [2.05, 4.69) is 26.0 Å². The number of imidazole rings is 1. The minimum Gasteiger partial charge on any atom is -0.325 e. The number of nitrogens with two attached hydrogens (primary N) is 1. The number of hydrogen-bond acceptors (Lipinski definition) is 3. The summed E-state index contributed by atoms with van der Waals surface area (Å²) in [4.78, 5) is 4.35. The van der Waals surface area contributed by atoms with Crippen molar-refractivity contribution >= 4 is 21.6 Å². The average Bonchev–Trinajstić information content (AvgIpc) is 2.81. The van der Waals surface area contributed by atoms with Gasteiger partial charge < -0.3 is 5.73 Å². The van der Waals surface area contributed by atoms with Gasteiger partial charge in [0.25, 0.3) is 0 Å². The van der Waals surface area contributed by atoms with Crippen LogP contribution in [0.25, 0.3) is 16.9 Å². The van der Waals surface area contributed by atoms with Crippen LogP contribution in [0.15, 0.2) is 47.1 Å². The van der Waals surface area contributed by atoms with Gasteiger partial charge in [0, 0.05) is 16.6 Å². The van der Waals surface area contributed by atoms with E-state index in [0.717, 1.165) is 27.1 Å². The quantitative estimate of drug-likeness (QED) is 0.792. The highest BCUT2D eigenvalue weighted by molar-refractivity contribution is 9.10. The summed E-state index contributed by atoms with van der Waals surface area (Å²) >= 11 is 3.53. The number of halogens is 1. The zero-order valence-electron chi connectivity index (χ0n) is 9.55. The Labute approximate surface area is 113 Å². The lowest BCUT2D eigenvalue weighted by Crippen LogP contribution is -1.95. The molecule has 0 atom stereocenters. The molecule has 4 nitrogen and oxygen atoms in total. The van der Waals surface area contributed by atoms with E-state index >= 15 is 0 Å². The molecule has 0 aliphatic carbocycles. The van der Waals surface area contributed by atoms with Crippen molar-refractivity contribution in [2.75, 3.05) is 0 Å². The molecule has 0 bridgehead atoms. The van der Waals surface area contributed by atoms with Crippen LogP contribution in [0.3, 0.4) is 0 Å². The van der Waals surface area contributed by atoms with Crippen molar-refractivity contribution in [1.29, 1.82) is 0 Å². The summed E-state index contributed by atoms with van der Waals surface area (Å²) in [6.07, 6.45) is 1.86. The first-order valence-electron chi connectivity index (χ1n) is 5.58. The van der Waals surface area contributed by atoms with Crippen molar-refractivity contribution in [3.8, 4) is 11.3 Å². The van der Waals surface area contributed by atoms with Crippen molar-refractivity contribution in [1.82, 2.24) is 14.6 Å². The smallest absolute Gasteiger partial charge is 0.153 e. The molecule has 2 aromatic heterocycles. The highest BCUT2D eigenvalue weighted by atomic mass is 79.9. The van der Waals surface area contributed by atoms with E-state index in [0.29, 0.717) is 6.54 Å². The van der Waals surface area contributed by atoms with E-state index < -0.39 is 0 Å². The van der Waals surface area contributed by atoms with Crippen molar-refractivity contribution in [3.63, 3.8) is 0 Å². The molecule has 0 saturated carbocycles. The Hall–Kier alpha value is -1.72. The SMILES string of the molecule is NCc1cn2nc(-c3ccccc3Br)ccc2n1. The van der Waals surface area contributed by atoms with E-state index in [1.54, 1.807) is 4.52 Å². The summed E-state index contributed by atoms with van der Waals surface area (Å²) in [6, 6.07) is 11.9. The number of nitrogens with zero attached hydrogens (tertiary/aromatic N) is 3. The van der Waals surface area contributed by atoms with Crippen LogP contribution in [0.4, 0.5) is 0 Å². The molecular weight excluding hydrogens is 292 g/mol. The van der Waals surface area contributed by atoms with Gasteiger partial charge in [-0.15, -0.1) is 0 Å². The summed E-state index contributed by atoms with van der Waals surface area (Å²) < 4.78 is 2.78. The monoisotopic (exact) mass is 302 g/mol. The van der Waals surface area contributed by atoms with Crippen molar-refractivity contribution in [3.05, 3.63) is 52.8 Å². The number of fused-ring (bicyclic) bond motifs is 1. The number of aromatic nitrogens is 3. The molecule has 0 spiro atoms. The second-order valence-corrected chi connectivity index (χ2v) is 4.79. The zero-order chi connectivity index (χ0) is 12.5. The van der Waals surface area contributed by atoms with Gasteiger partial charge in [-0.2, -0.15) is 5.10 Å². The fourth-order valence-corrected chi connectivity index (χ4v) is 2.33. The summed E-state index contributed by atoms with van der Waals surface area (Å²) in [5, 5.41) is 4.54. The Bertz CT molecular complexity index is 705. The summed E-state index contributed by atoms with van der Waals surface area (Å²) in [5.74, 6) is 0. The maximum Gasteiger partial charge on any atom is 0.153 e. The number of rotatable bonds is 2. The van der Waals surface area contributed by atoms with Crippen LogP contribution in [0.2, 0.25) is 0 Å². The summed E-state index contributed by atoms with van der Waals surface area (Å²) in [7, 11) is 0. The normalized spacial score (nSPS) is 11.0.